The third-order valence-electron chi connectivity index (χ3n) is 3.70. The summed E-state index contributed by atoms with van der Waals surface area (Å²) in [4.78, 5) is 0. The largest absolute Gasteiger partial charge is 0.324 e. The van der Waals surface area contributed by atoms with Gasteiger partial charge in [0.05, 0.1) is 0 Å². The minimum Gasteiger partial charge on any atom is -0.324 e. The molecule has 1 fully saturated rings. The molecule has 15 heavy (non-hydrogen) atoms. The molecule has 0 radical (unpaired) electrons. The van der Waals surface area contributed by atoms with Gasteiger partial charge in [0.1, 0.15) is 0 Å². The molecule has 0 aliphatic heterocycles. The highest BCUT2D eigenvalue weighted by atomic mass is 14.7. The number of benzene rings is 1. The lowest BCUT2D eigenvalue weighted by Crippen LogP contribution is -2.20. The number of nitrogens with two attached hydrogens (primary N) is 1. The molecule has 82 valence electrons. The van der Waals surface area contributed by atoms with Gasteiger partial charge in [0.15, 0.2) is 0 Å². The summed E-state index contributed by atoms with van der Waals surface area (Å²) in [5.74, 6) is 0.713. The predicted octanol–water partition coefficient (Wildman–Crippen LogP) is 3.49. The number of aryl methyl sites for hydroxylation is 2. The van der Waals surface area contributed by atoms with E-state index in [0.717, 1.165) is 0 Å². The average Bonchev–Trinajstić information content (AvgIpc) is 2.74. The van der Waals surface area contributed by atoms with Crippen molar-refractivity contribution in [1.82, 2.24) is 0 Å². The molecular formula is C14H21N. The van der Waals surface area contributed by atoms with Gasteiger partial charge in [-0.15, -0.1) is 0 Å². The lowest BCUT2D eigenvalue weighted by Gasteiger charge is -2.21. The zero-order valence-electron chi connectivity index (χ0n) is 9.79. The van der Waals surface area contributed by atoms with Gasteiger partial charge in [0.2, 0.25) is 0 Å². The predicted molar refractivity (Wildman–Crippen MR) is 64.8 cm³/mol. The average molecular weight is 203 g/mol. The van der Waals surface area contributed by atoms with E-state index in [1.807, 2.05) is 0 Å². The molecule has 1 heteroatoms. The van der Waals surface area contributed by atoms with E-state index in [-0.39, 0.29) is 6.04 Å². The van der Waals surface area contributed by atoms with Gasteiger partial charge in [-0.2, -0.15) is 0 Å². The summed E-state index contributed by atoms with van der Waals surface area (Å²) in [5.41, 5.74) is 10.4. The monoisotopic (exact) mass is 203 g/mol. The first-order chi connectivity index (χ1) is 7.18. The zero-order valence-corrected chi connectivity index (χ0v) is 9.79. The Bertz CT molecular complexity index is 337. The van der Waals surface area contributed by atoms with Crippen LogP contribution in [-0.2, 0) is 0 Å². The number of hydrogen-bond acceptors (Lipinski definition) is 1. The normalized spacial score (nSPS) is 19.4. The molecular weight excluding hydrogens is 182 g/mol. The molecule has 1 nitrogen and oxygen atoms in total. The van der Waals surface area contributed by atoms with E-state index in [1.54, 1.807) is 0 Å². The molecule has 2 rings (SSSR count). The van der Waals surface area contributed by atoms with Crippen LogP contribution >= 0.6 is 0 Å². The maximum absolute atomic E-state index is 6.37. The Morgan fingerprint density at radius 1 is 1.20 bits per heavy atom. The molecule has 1 aliphatic rings. The van der Waals surface area contributed by atoms with Gasteiger partial charge in [0, 0.05) is 6.04 Å². The summed E-state index contributed by atoms with van der Waals surface area (Å²) in [5, 5.41) is 0. The highest BCUT2D eigenvalue weighted by Gasteiger charge is 2.24. The fourth-order valence-corrected chi connectivity index (χ4v) is 2.69. The lowest BCUT2D eigenvalue weighted by molar-refractivity contribution is 0.443. The van der Waals surface area contributed by atoms with Gasteiger partial charge in [-0.05, 0) is 43.7 Å². The van der Waals surface area contributed by atoms with E-state index in [9.17, 15) is 0 Å². The summed E-state index contributed by atoms with van der Waals surface area (Å²) in [6.07, 6.45) is 5.36. The number of rotatable bonds is 2. The van der Waals surface area contributed by atoms with Crippen molar-refractivity contribution in [2.45, 2.75) is 45.6 Å². The van der Waals surface area contributed by atoms with Crippen molar-refractivity contribution in [3.05, 3.63) is 34.9 Å². The molecule has 1 aromatic carbocycles. The van der Waals surface area contributed by atoms with Crippen LogP contribution in [0.4, 0.5) is 0 Å². The Balaban J connectivity index is 2.23. The van der Waals surface area contributed by atoms with Crippen LogP contribution in [0.15, 0.2) is 18.2 Å². The van der Waals surface area contributed by atoms with Crippen molar-refractivity contribution in [1.29, 1.82) is 0 Å². The SMILES string of the molecule is Cc1ccc(C)c([C@@H](N)C2CCCC2)c1. The highest BCUT2D eigenvalue weighted by Crippen LogP contribution is 2.35. The third kappa shape index (κ3) is 2.23. The molecule has 0 heterocycles. The van der Waals surface area contributed by atoms with Crippen LogP contribution in [0.3, 0.4) is 0 Å². The van der Waals surface area contributed by atoms with E-state index in [0.29, 0.717) is 5.92 Å². The van der Waals surface area contributed by atoms with Crippen LogP contribution in [0.25, 0.3) is 0 Å². The van der Waals surface area contributed by atoms with Gasteiger partial charge in [-0.25, -0.2) is 0 Å². The van der Waals surface area contributed by atoms with E-state index >= 15 is 0 Å². The van der Waals surface area contributed by atoms with Gasteiger partial charge < -0.3 is 5.73 Å². The molecule has 0 aromatic heterocycles. The van der Waals surface area contributed by atoms with Crippen molar-refractivity contribution >= 4 is 0 Å². The van der Waals surface area contributed by atoms with E-state index in [2.05, 4.69) is 32.0 Å². The summed E-state index contributed by atoms with van der Waals surface area (Å²) >= 11 is 0. The van der Waals surface area contributed by atoms with Crippen molar-refractivity contribution in [2.75, 3.05) is 0 Å². The molecule has 1 saturated carbocycles. The number of hydrogen-bond donors (Lipinski definition) is 1. The molecule has 0 bridgehead atoms. The van der Waals surface area contributed by atoms with Crippen molar-refractivity contribution in [3.63, 3.8) is 0 Å². The van der Waals surface area contributed by atoms with E-state index in [4.69, 9.17) is 5.73 Å². The molecule has 0 saturated heterocycles. The Labute approximate surface area is 92.7 Å². The maximum Gasteiger partial charge on any atom is 0.0326 e. The summed E-state index contributed by atoms with van der Waals surface area (Å²) < 4.78 is 0. The van der Waals surface area contributed by atoms with Gasteiger partial charge in [-0.1, -0.05) is 36.6 Å². The Morgan fingerprint density at radius 3 is 2.53 bits per heavy atom. The van der Waals surface area contributed by atoms with Crippen LogP contribution in [0, 0.1) is 19.8 Å². The summed E-state index contributed by atoms with van der Waals surface area (Å²) in [6.45, 7) is 4.31. The van der Waals surface area contributed by atoms with Gasteiger partial charge in [-0.3, -0.25) is 0 Å². The Morgan fingerprint density at radius 2 is 1.87 bits per heavy atom. The fourth-order valence-electron chi connectivity index (χ4n) is 2.69. The topological polar surface area (TPSA) is 26.0 Å². The quantitative estimate of drug-likeness (QED) is 0.782. The van der Waals surface area contributed by atoms with Crippen LogP contribution in [0.5, 0.6) is 0 Å². The molecule has 1 aliphatic carbocycles. The van der Waals surface area contributed by atoms with Crippen molar-refractivity contribution in [2.24, 2.45) is 11.7 Å². The van der Waals surface area contributed by atoms with Crippen molar-refractivity contribution < 1.29 is 0 Å². The Kier molecular flexibility index (Phi) is 3.11. The van der Waals surface area contributed by atoms with Gasteiger partial charge >= 0.3 is 0 Å². The molecule has 0 unspecified atom stereocenters. The lowest BCUT2D eigenvalue weighted by atomic mass is 9.89. The maximum atomic E-state index is 6.37. The smallest absolute Gasteiger partial charge is 0.0326 e. The molecule has 2 N–H and O–H groups in total. The molecule has 1 aromatic rings. The summed E-state index contributed by atoms with van der Waals surface area (Å²) in [6, 6.07) is 6.88. The second kappa shape index (κ2) is 4.36. The first-order valence-electron chi connectivity index (χ1n) is 6.01. The van der Waals surface area contributed by atoms with E-state index in [1.165, 1.54) is 42.4 Å². The van der Waals surface area contributed by atoms with E-state index < -0.39 is 0 Å². The standard InChI is InChI=1S/C14H21N/c1-10-7-8-11(2)13(9-10)14(15)12-5-3-4-6-12/h7-9,12,14H,3-6,15H2,1-2H3/t14-/m0/s1. The summed E-state index contributed by atoms with van der Waals surface area (Å²) in [7, 11) is 0. The van der Waals surface area contributed by atoms with Crippen LogP contribution in [0.2, 0.25) is 0 Å². The van der Waals surface area contributed by atoms with Crippen molar-refractivity contribution in [3.8, 4) is 0 Å². The van der Waals surface area contributed by atoms with Crippen LogP contribution in [-0.4, -0.2) is 0 Å². The second-order valence-electron chi connectivity index (χ2n) is 4.93. The molecule has 1 atom stereocenters. The Hall–Kier alpha value is -0.820. The van der Waals surface area contributed by atoms with Gasteiger partial charge in [0.25, 0.3) is 0 Å². The first kappa shape index (κ1) is 10.7. The minimum absolute atomic E-state index is 0.257. The zero-order chi connectivity index (χ0) is 10.8. The third-order valence-corrected chi connectivity index (χ3v) is 3.70. The fraction of sp³-hybridized carbons (Fsp3) is 0.571. The molecule has 0 amide bonds. The van der Waals surface area contributed by atoms with Crippen LogP contribution in [0.1, 0.15) is 48.4 Å². The first-order valence-corrected chi connectivity index (χ1v) is 6.01. The minimum atomic E-state index is 0.257. The molecule has 0 spiro atoms. The van der Waals surface area contributed by atoms with Crippen LogP contribution < -0.4 is 5.73 Å². The second-order valence-corrected chi connectivity index (χ2v) is 4.93. The highest BCUT2D eigenvalue weighted by molar-refractivity contribution is 5.33.